The van der Waals surface area contributed by atoms with E-state index in [1.807, 2.05) is 0 Å². The van der Waals surface area contributed by atoms with Crippen molar-refractivity contribution in [3.05, 3.63) is 59.4 Å². The molecular weight excluding hydrogens is 278 g/mol. The predicted octanol–water partition coefficient (Wildman–Crippen LogP) is 3.32. The molecule has 0 saturated carbocycles. The number of halogens is 2. The molecular formula is C15H14F2N2O2. The van der Waals surface area contributed by atoms with E-state index in [1.165, 1.54) is 12.1 Å². The molecule has 2 aromatic rings. The minimum atomic E-state index is -1.24. The Morgan fingerprint density at radius 3 is 2.62 bits per heavy atom. The summed E-state index contributed by atoms with van der Waals surface area (Å²) in [5.74, 6) is -3.28. The van der Waals surface area contributed by atoms with Crippen LogP contribution in [0.15, 0.2) is 36.5 Å². The zero-order chi connectivity index (χ0) is 15.4. The fourth-order valence-electron chi connectivity index (χ4n) is 1.87. The molecule has 0 radical (unpaired) electrons. The average molecular weight is 292 g/mol. The van der Waals surface area contributed by atoms with E-state index in [4.69, 9.17) is 0 Å². The van der Waals surface area contributed by atoms with Crippen LogP contribution in [0.5, 0.6) is 0 Å². The Hall–Kier alpha value is -2.50. The third kappa shape index (κ3) is 3.16. The Kier molecular flexibility index (Phi) is 4.47. The molecule has 1 unspecified atom stereocenters. The van der Waals surface area contributed by atoms with Crippen LogP contribution in [0.2, 0.25) is 0 Å². The number of carbonyl (C=O) groups excluding carboxylic acids is 1. The van der Waals surface area contributed by atoms with Gasteiger partial charge in [0.1, 0.15) is 0 Å². The number of rotatable bonds is 4. The van der Waals surface area contributed by atoms with Gasteiger partial charge in [-0.15, -0.1) is 0 Å². The van der Waals surface area contributed by atoms with Crippen LogP contribution in [0, 0.1) is 11.6 Å². The van der Waals surface area contributed by atoms with E-state index in [9.17, 15) is 13.6 Å². The van der Waals surface area contributed by atoms with Crippen LogP contribution in [0.1, 0.15) is 29.0 Å². The van der Waals surface area contributed by atoms with Gasteiger partial charge in [-0.1, -0.05) is 6.07 Å². The van der Waals surface area contributed by atoms with E-state index in [-0.39, 0.29) is 11.7 Å². The standard InChI is InChI=1S/C15H14F2N2O2/c1-9(11-5-3-4-8-18-11)19-12-7-6-10(15(20)21-2)13(16)14(12)17/h3-9,19H,1-2H3. The van der Waals surface area contributed by atoms with Gasteiger partial charge in [0.2, 0.25) is 0 Å². The van der Waals surface area contributed by atoms with E-state index >= 15 is 0 Å². The molecule has 2 rings (SSSR count). The molecule has 1 aromatic carbocycles. The number of esters is 1. The number of anilines is 1. The summed E-state index contributed by atoms with van der Waals surface area (Å²) in [5, 5.41) is 2.82. The SMILES string of the molecule is COC(=O)c1ccc(NC(C)c2ccccn2)c(F)c1F. The first-order valence-corrected chi connectivity index (χ1v) is 6.28. The maximum atomic E-state index is 14.0. The third-order valence-electron chi connectivity index (χ3n) is 2.99. The van der Waals surface area contributed by atoms with Crippen molar-refractivity contribution in [1.82, 2.24) is 4.98 Å². The van der Waals surface area contributed by atoms with Crippen LogP contribution < -0.4 is 5.32 Å². The highest BCUT2D eigenvalue weighted by Crippen LogP contribution is 2.24. The summed E-state index contributed by atoms with van der Waals surface area (Å²) >= 11 is 0. The maximum absolute atomic E-state index is 14.0. The normalized spacial score (nSPS) is 11.8. The molecule has 1 N–H and O–H groups in total. The quantitative estimate of drug-likeness (QED) is 0.878. The molecule has 1 atom stereocenters. The summed E-state index contributed by atoms with van der Waals surface area (Å²) in [6, 6.07) is 7.50. The second kappa shape index (κ2) is 6.30. The minimum absolute atomic E-state index is 0.0432. The van der Waals surface area contributed by atoms with E-state index in [0.717, 1.165) is 7.11 Å². The van der Waals surface area contributed by atoms with Gasteiger partial charge in [0.15, 0.2) is 11.6 Å². The Balaban J connectivity index is 2.26. The summed E-state index contributed by atoms with van der Waals surface area (Å²) in [4.78, 5) is 15.4. The smallest absolute Gasteiger partial charge is 0.340 e. The van der Waals surface area contributed by atoms with Crippen molar-refractivity contribution in [2.24, 2.45) is 0 Å². The molecule has 0 bridgehead atoms. The number of hydrogen-bond donors (Lipinski definition) is 1. The van der Waals surface area contributed by atoms with Gasteiger partial charge in [0.05, 0.1) is 30.1 Å². The van der Waals surface area contributed by atoms with Crippen molar-refractivity contribution < 1.29 is 18.3 Å². The zero-order valence-corrected chi connectivity index (χ0v) is 11.6. The summed E-state index contributed by atoms with van der Waals surface area (Å²) in [6.07, 6.45) is 1.62. The van der Waals surface area contributed by atoms with Crippen LogP contribution in [0.3, 0.4) is 0 Å². The van der Waals surface area contributed by atoms with Crippen LogP contribution in [0.25, 0.3) is 0 Å². The van der Waals surface area contributed by atoms with Gasteiger partial charge in [-0.05, 0) is 31.2 Å². The summed E-state index contributed by atoms with van der Waals surface area (Å²) in [5.41, 5.74) is 0.207. The molecule has 0 saturated heterocycles. The van der Waals surface area contributed by atoms with Crippen molar-refractivity contribution in [2.45, 2.75) is 13.0 Å². The van der Waals surface area contributed by atoms with Crippen LogP contribution in [-0.2, 0) is 4.74 Å². The monoisotopic (exact) mass is 292 g/mol. The molecule has 0 fully saturated rings. The first-order valence-electron chi connectivity index (χ1n) is 6.28. The number of aromatic nitrogens is 1. The topological polar surface area (TPSA) is 51.2 Å². The number of methoxy groups -OCH3 is 1. The van der Waals surface area contributed by atoms with E-state index in [0.29, 0.717) is 5.69 Å². The number of carbonyl (C=O) groups is 1. The molecule has 0 spiro atoms. The van der Waals surface area contributed by atoms with Gasteiger partial charge in [0, 0.05) is 6.20 Å². The van der Waals surface area contributed by atoms with E-state index in [1.54, 1.807) is 31.3 Å². The number of nitrogens with one attached hydrogen (secondary N) is 1. The number of pyridine rings is 1. The molecule has 0 aliphatic heterocycles. The first-order chi connectivity index (χ1) is 10.0. The highest BCUT2D eigenvalue weighted by Gasteiger charge is 2.20. The molecule has 6 heteroatoms. The lowest BCUT2D eigenvalue weighted by atomic mass is 10.1. The van der Waals surface area contributed by atoms with Crippen molar-refractivity contribution in [2.75, 3.05) is 12.4 Å². The van der Waals surface area contributed by atoms with E-state index < -0.39 is 23.2 Å². The van der Waals surface area contributed by atoms with Crippen LogP contribution in [-0.4, -0.2) is 18.1 Å². The highest BCUT2D eigenvalue weighted by molar-refractivity contribution is 5.90. The van der Waals surface area contributed by atoms with Gasteiger partial charge in [-0.3, -0.25) is 4.98 Å². The summed E-state index contributed by atoms with van der Waals surface area (Å²) in [6.45, 7) is 1.77. The van der Waals surface area contributed by atoms with Gasteiger partial charge in [-0.25, -0.2) is 13.6 Å². The van der Waals surface area contributed by atoms with Gasteiger partial charge < -0.3 is 10.1 Å². The second-order valence-electron chi connectivity index (χ2n) is 4.40. The van der Waals surface area contributed by atoms with Gasteiger partial charge in [0.25, 0.3) is 0 Å². The fourth-order valence-corrected chi connectivity index (χ4v) is 1.87. The zero-order valence-electron chi connectivity index (χ0n) is 11.6. The molecule has 0 aliphatic rings. The second-order valence-corrected chi connectivity index (χ2v) is 4.40. The molecule has 1 heterocycles. The Bertz CT molecular complexity index is 648. The molecule has 0 aliphatic carbocycles. The molecule has 21 heavy (non-hydrogen) atoms. The lowest BCUT2D eigenvalue weighted by molar-refractivity contribution is 0.0594. The first kappa shape index (κ1) is 14.9. The van der Waals surface area contributed by atoms with Crippen LogP contribution >= 0.6 is 0 Å². The molecule has 1 aromatic heterocycles. The number of benzene rings is 1. The fraction of sp³-hybridized carbons (Fsp3) is 0.200. The number of hydrogen-bond acceptors (Lipinski definition) is 4. The van der Waals surface area contributed by atoms with Crippen LogP contribution in [0.4, 0.5) is 14.5 Å². The van der Waals surface area contributed by atoms with Gasteiger partial charge >= 0.3 is 5.97 Å². The number of ether oxygens (including phenoxy) is 1. The summed E-state index contributed by atoms with van der Waals surface area (Å²) < 4.78 is 32.2. The van der Waals surface area contributed by atoms with Crippen molar-refractivity contribution in [3.63, 3.8) is 0 Å². The Morgan fingerprint density at radius 1 is 1.24 bits per heavy atom. The third-order valence-corrected chi connectivity index (χ3v) is 2.99. The Labute approximate surface area is 120 Å². The molecule has 0 amide bonds. The lowest BCUT2D eigenvalue weighted by Crippen LogP contribution is -2.12. The largest absolute Gasteiger partial charge is 0.465 e. The lowest BCUT2D eigenvalue weighted by Gasteiger charge is -2.16. The van der Waals surface area contributed by atoms with Crippen molar-refractivity contribution in [3.8, 4) is 0 Å². The summed E-state index contributed by atoms with van der Waals surface area (Å²) in [7, 11) is 1.11. The van der Waals surface area contributed by atoms with Crippen molar-refractivity contribution in [1.29, 1.82) is 0 Å². The molecule has 4 nitrogen and oxygen atoms in total. The Morgan fingerprint density at radius 2 is 2.00 bits per heavy atom. The number of nitrogens with zero attached hydrogens (tertiary/aromatic N) is 1. The average Bonchev–Trinajstić information content (AvgIpc) is 2.52. The molecule has 110 valence electrons. The highest BCUT2D eigenvalue weighted by atomic mass is 19.2. The minimum Gasteiger partial charge on any atom is -0.465 e. The van der Waals surface area contributed by atoms with Crippen molar-refractivity contribution >= 4 is 11.7 Å². The van der Waals surface area contributed by atoms with Gasteiger partial charge in [-0.2, -0.15) is 0 Å². The predicted molar refractivity (Wildman–Crippen MR) is 74.0 cm³/mol. The van der Waals surface area contributed by atoms with E-state index in [2.05, 4.69) is 15.0 Å². The maximum Gasteiger partial charge on any atom is 0.340 e.